The number of hydrogen-bond donors (Lipinski definition) is 11. The second-order valence-corrected chi connectivity index (χ2v) is 23.8. The molecular formula is C48H78O18. The Bertz CT molecular complexity index is 1800. The van der Waals surface area contributed by atoms with Crippen LogP contribution in [-0.4, -0.2) is 193 Å². The summed E-state index contributed by atoms with van der Waals surface area (Å²) in [7, 11) is 0. The second-order valence-electron chi connectivity index (χ2n) is 23.8. The van der Waals surface area contributed by atoms with Gasteiger partial charge in [-0.3, -0.25) is 0 Å². The maximum Gasteiger partial charge on any atom is 0.187 e. The minimum Gasteiger partial charge on any atom is -0.396 e. The third kappa shape index (κ3) is 7.01. The molecule has 4 heterocycles. The van der Waals surface area contributed by atoms with Crippen LogP contribution in [0.15, 0.2) is 12.2 Å². The van der Waals surface area contributed by atoms with Crippen molar-refractivity contribution in [2.24, 2.45) is 50.2 Å². The lowest BCUT2D eigenvalue weighted by atomic mass is 9.32. The second kappa shape index (κ2) is 17.1. The molecule has 0 amide bonds. The molecule has 9 aliphatic rings. The summed E-state index contributed by atoms with van der Waals surface area (Å²) in [6.07, 6.45) is -14.3. The molecule has 4 aliphatic heterocycles. The summed E-state index contributed by atoms with van der Waals surface area (Å²) in [5.74, 6) is 0.167. The van der Waals surface area contributed by atoms with Crippen LogP contribution in [0.4, 0.5) is 0 Å². The maximum absolute atomic E-state index is 12.3. The van der Waals surface area contributed by atoms with E-state index in [4.69, 9.17) is 33.2 Å². The first-order chi connectivity index (χ1) is 30.9. The van der Waals surface area contributed by atoms with Crippen molar-refractivity contribution in [1.29, 1.82) is 0 Å². The molecule has 0 aromatic carbocycles. The van der Waals surface area contributed by atoms with Gasteiger partial charge in [0.05, 0.1) is 50.3 Å². The molecule has 0 aromatic rings. The zero-order valence-corrected chi connectivity index (χ0v) is 39.5. The highest BCUT2D eigenvalue weighted by atomic mass is 16.8. The predicted molar refractivity (Wildman–Crippen MR) is 229 cm³/mol. The van der Waals surface area contributed by atoms with Gasteiger partial charge in [0, 0.05) is 22.2 Å². The quantitative estimate of drug-likeness (QED) is 0.104. The van der Waals surface area contributed by atoms with Crippen molar-refractivity contribution in [2.75, 3.05) is 26.4 Å². The van der Waals surface area contributed by atoms with Crippen LogP contribution in [0.1, 0.15) is 99.8 Å². The normalized spacial score (nSPS) is 58.8. The Morgan fingerprint density at radius 1 is 0.606 bits per heavy atom. The minimum absolute atomic E-state index is 0.0615. The van der Waals surface area contributed by atoms with Crippen LogP contribution in [0.2, 0.25) is 0 Å². The fourth-order valence-corrected chi connectivity index (χ4v) is 15.8. The largest absolute Gasteiger partial charge is 0.396 e. The van der Waals surface area contributed by atoms with Crippen molar-refractivity contribution < 1.29 is 89.3 Å². The van der Waals surface area contributed by atoms with Crippen LogP contribution in [0.5, 0.6) is 0 Å². The molecule has 18 heteroatoms. The minimum atomic E-state index is -1.88. The topological polar surface area (TPSA) is 287 Å². The van der Waals surface area contributed by atoms with Crippen molar-refractivity contribution in [3.63, 3.8) is 0 Å². The van der Waals surface area contributed by atoms with Gasteiger partial charge in [0.15, 0.2) is 18.9 Å². The van der Waals surface area contributed by atoms with E-state index in [9.17, 15) is 56.2 Å². The first-order valence-corrected chi connectivity index (χ1v) is 24.5. The smallest absolute Gasteiger partial charge is 0.187 e. The molecule has 26 atom stereocenters. The highest BCUT2D eigenvalue weighted by Gasteiger charge is 2.79. The zero-order chi connectivity index (χ0) is 47.9. The van der Waals surface area contributed by atoms with Gasteiger partial charge in [-0.1, -0.05) is 53.7 Å². The number of hydrogen-bond acceptors (Lipinski definition) is 18. The van der Waals surface area contributed by atoms with E-state index in [0.29, 0.717) is 25.9 Å². The number of aliphatic hydroxyl groups is 11. The summed E-state index contributed by atoms with van der Waals surface area (Å²) in [5.41, 5.74) is -2.52. The monoisotopic (exact) mass is 943 g/mol. The van der Waals surface area contributed by atoms with Gasteiger partial charge in [0.2, 0.25) is 0 Å². The average molecular weight is 943 g/mol. The molecule has 5 aliphatic carbocycles. The zero-order valence-electron chi connectivity index (χ0n) is 39.5. The summed E-state index contributed by atoms with van der Waals surface area (Å²) in [6, 6.07) is 0. The lowest BCUT2D eigenvalue weighted by Gasteiger charge is -2.73. The molecule has 4 saturated heterocycles. The van der Waals surface area contributed by atoms with Gasteiger partial charge in [0.25, 0.3) is 0 Å². The first-order valence-electron chi connectivity index (χ1n) is 24.5. The summed E-state index contributed by atoms with van der Waals surface area (Å²) < 4.78 is 44.4. The fourth-order valence-electron chi connectivity index (χ4n) is 15.8. The number of fused-ring (bicyclic) bond motifs is 4. The molecule has 2 bridgehead atoms. The Morgan fingerprint density at radius 2 is 1.21 bits per heavy atom. The van der Waals surface area contributed by atoms with Crippen LogP contribution in [0, 0.1) is 50.2 Å². The van der Waals surface area contributed by atoms with E-state index >= 15 is 0 Å². The molecule has 1 spiro atoms. The van der Waals surface area contributed by atoms with Gasteiger partial charge in [-0.25, -0.2) is 0 Å². The molecule has 11 N–H and O–H groups in total. The molecule has 0 unspecified atom stereocenters. The third-order valence-corrected chi connectivity index (χ3v) is 20.0. The molecule has 9 rings (SSSR count). The fraction of sp³-hybridized carbons (Fsp3) is 0.958. The van der Waals surface area contributed by atoms with E-state index in [2.05, 4.69) is 46.8 Å². The Hall–Kier alpha value is -0.980. The average Bonchev–Trinajstić information content (AvgIpc) is 3.55. The summed E-state index contributed by atoms with van der Waals surface area (Å²) in [4.78, 5) is 0. The molecule has 4 saturated carbocycles. The maximum atomic E-state index is 12.3. The van der Waals surface area contributed by atoms with Gasteiger partial charge in [-0.2, -0.15) is 0 Å². The van der Waals surface area contributed by atoms with Crippen LogP contribution in [-0.2, 0) is 33.2 Å². The first kappa shape index (κ1) is 50.0. The van der Waals surface area contributed by atoms with E-state index in [1.807, 2.05) is 6.92 Å². The Labute approximate surface area is 387 Å². The lowest BCUT2D eigenvalue weighted by molar-refractivity contribution is -0.398. The summed E-state index contributed by atoms with van der Waals surface area (Å²) in [5, 5.41) is 120. The summed E-state index contributed by atoms with van der Waals surface area (Å²) >= 11 is 0. The van der Waals surface area contributed by atoms with Gasteiger partial charge in [-0.05, 0) is 86.4 Å². The molecule has 18 nitrogen and oxygen atoms in total. The molecule has 0 radical (unpaired) electrons. The Kier molecular flexibility index (Phi) is 12.9. The Balaban J connectivity index is 1.03. The van der Waals surface area contributed by atoms with Crippen LogP contribution < -0.4 is 0 Å². The molecule has 378 valence electrons. The van der Waals surface area contributed by atoms with Crippen molar-refractivity contribution in [1.82, 2.24) is 0 Å². The van der Waals surface area contributed by atoms with Crippen molar-refractivity contribution in [2.45, 2.75) is 210 Å². The number of aliphatic hydroxyl groups excluding tert-OH is 11. The van der Waals surface area contributed by atoms with Crippen molar-refractivity contribution in [3.05, 3.63) is 12.2 Å². The van der Waals surface area contributed by atoms with E-state index < -0.39 is 129 Å². The highest BCUT2D eigenvalue weighted by molar-refractivity contribution is 5.36. The molecule has 8 fully saturated rings. The van der Waals surface area contributed by atoms with E-state index in [-0.39, 0.29) is 51.4 Å². The van der Waals surface area contributed by atoms with Crippen LogP contribution >= 0.6 is 0 Å². The van der Waals surface area contributed by atoms with Crippen LogP contribution in [0.25, 0.3) is 0 Å². The third-order valence-electron chi connectivity index (χ3n) is 20.0. The number of allylic oxidation sites excluding steroid dienone is 1. The van der Waals surface area contributed by atoms with Crippen molar-refractivity contribution in [3.8, 4) is 0 Å². The molecule has 0 aromatic heterocycles. The van der Waals surface area contributed by atoms with Gasteiger partial charge >= 0.3 is 0 Å². The number of rotatable bonds is 9. The lowest BCUT2D eigenvalue weighted by Crippen LogP contribution is -2.72. The van der Waals surface area contributed by atoms with Crippen molar-refractivity contribution >= 4 is 0 Å². The summed E-state index contributed by atoms with van der Waals surface area (Å²) in [6.45, 7) is 14.1. The Morgan fingerprint density at radius 3 is 1.80 bits per heavy atom. The standard InChI is InChI=1S/C48H78O18/c1-22-30(53)37(65-39-35(58)33(56)31(54)23(18-49)62-39)38(66-40-36(59)34(57)32(55)24(19-50)63-40)41(61-22)64-29-10-11-43(4)25(44(29,5)20-51)8-12-45(6)26(43)9-13-48-27-16-42(2,3)14-15-47(27,21-60-48)28(52)17-46(45,48)7/h9,13,22-41,49-59H,8,10-12,14-21H2,1-7H3/t22-,23+,24+,25+,26+,27+,28-,29-,30+,31+,32+,33-,34-,35+,36+,37-,38+,39-,40-,41-,43-,44-,45+,46-,47+,48-/m0/s1. The van der Waals surface area contributed by atoms with E-state index in [1.165, 1.54) is 0 Å². The van der Waals surface area contributed by atoms with Gasteiger partial charge < -0.3 is 89.3 Å². The molecular weight excluding hydrogens is 865 g/mol. The molecule has 66 heavy (non-hydrogen) atoms. The van der Waals surface area contributed by atoms with E-state index in [1.54, 1.807) is 6.92 Å². The van der Waals surface area contributed by atoms with E-state index in [0.717, 1.165) is 32.1 Å². The van der Waals surface area contributed by atoms with Crippen LogP contribution in [0.3, 0.4) is 0 Å². The number of ether oxygens (including phenoxy) is 7. The SMILES string of the molecule is C[C@@H]1O[C@@H](O[C@H]2CC[C@@]3(C)[C@@H](CC[C@]4(C)[C@@H]3C=C[C@]35OC[C@@]6(CCC(C)(C)C[C@H]63)[C@@H](O)C[C@]54C)[C@]2(C)CO)[C@H](O[C@@H]2O[C@H](CO)[C@@H](O)[C@H](O)[C@H]2O)[C@@H](O[C@@H]2O[C@H](CO)[C@@H](O)[C@H](O)[C@H]2O)[C@@H]1O. The highest BCUT2D eigenvalue weighted by Crippen LogP contribution is 2.79. The van der Waals surface area contributed by atoms with Gasteiger partial charge in [-0.15, -0.1) is 0 Å². The van der Waals surface area contributed by atoms with Gasteiger partial charge in [0.1, 0.15) is 67.1 Å². The predicted octanol–water partition coefficient (Wildman–Crippen LogP) is -0.399.